The first-order valence-corrected chi connectivity index (χ1v) is 9.36. The predicted octanol–water partition coefficient (Wildman–Crippen LogP) is 3.32. The molecule has 1 saturated carbocycles. The average Bonchev–Trinajstić information content (AvgIpc) is 3.15. The minimum absolute atomic E-state index is 0.436. The van der Waals surface area contributed by atoms with Crippen LogP contribution in [0.5, 0.6) is 0 Å². The summed E-state index contributed by atoms with van der Waals surface area (Å²) in [5.74, 6) is 1.26. The zero-order valence-electron chi connectivity index (χ0n) is 14.0. The fraction of sp³-hybridized carbons (Fsp3) is 0.611. The zero-order chi connectivity index (χ0) is 15.8. The van der Waals surface area contributed by atoms with Gasteiger partial charge in [-0.1, -0.05) is 0 Å². The standard InChI is InChI=1S/C18H25N3OS/c1-13-3-6-16(23-13)8-21-7-15(11-22-10-14-4-5-14)18-17(9-21)19-12-20(18)2/h3,6,12,14-15H,4-5,7-11H2,1-2H3/t15-/m0/s1. The Morgan fingerprint density at radius 3 is 2.91 bits per heavy atom. The van der Waals surface area contributed by atoms with Gasteiger partial charge in [0.15, 0.2) is 0 Å². The topological polar surface area (TPSA) is 30.3 Å². The zero-order valence-corrected chi connectivity index (χ0v) is 14.8. The van der Waals surface area contributed by atoms with Crippen molar-refractivity contribution in [2.75, 3.05) is 19.8 Å². The smallest absolute Gasteiger partial charge is 0.0949 e. The minimum atomic E-state index is 0.436. The molecule has 0 unspecified atom stereocenters. The van der Waals surface area contributed by atoms with Gasteiger partial charge in [0.1, 0.15) is 0 Å². The molecular weight excluding hydrogens is 306 g/mol. The molecule has 0 N–H and O–H groups in total. The van der Waals surface area contributed by atoms with Crippen molar-refractivity contribution in [3.05, 3.63) is 39.6 Å². The minimum Gasteiger partial charge on any atom is -0.380 e. The maximum absolute atomic E-state index is 6.02. The molecule has 3 heterocycles. The normalized spacial score (nSPS) is 21.6. The Bertz CT molecular complexity index is 674. The third-order valence-corrected chi connectivity index (χ3v) is 5.83. The summed E-state index contributed by atoms with van der Waals surface area (Å²) < 4.78 is 8.20. The van der Waals surface area contributed by atoms with Crippen molar-refractivity contribution in [2.45, 2.75) is 38.8 Å². The quantitative estimate of drug-likeness (QED) is 0.813. The summed E-state index contributed by atoms with van der Waals surface area (Å²) in [6, 6.07) is 4.47. The summed E-state index contributed by atoms with van der Waals surface area (Å²) >= 11 is 1.90. The number of aromatic nitrogens is 2. The molecule has 0 aromatic carbocycles. The molecule has 4 nitrogen and oxygen atoms in total. The van der Waals surface area contributed by atoms with Gasteiger partial charge in [-0.25, -0.2) is 4.98 Å². The molecule has 124 valence electrons. The molecule has 4 rings (SSSR count). The number of ether oxygens (including phenoxy) is 1. The van der Waals surface area contributed by atoms with Crippen LogP contribution in [0.2, 0.25) is 0 Å². The summed E-state index contributed by atoms with van der Waals surface area (Å²) in [4.78, 5) is 9.98. The number of nitrogens with zero attached hydrogens (tertiary/aromatic N) is 3. The van der Waals surface area contributed by atoms with E-state index in [2.05, 4.69) is 40.6 Å². The van der Waals surface area contributed by atoms with Crippen molar-refractivity contribution in [3.8, 4) is 0 Å². The molecule has 1 aliphatic heterocycles. The summed E-state index contributed by atoms with van der Waals surface area (Å²) in [5, 5.41) is 0. The van der Waals surface area contributed by atoms with Crippen LogP contribution in [0, 0.1) is 12.8 Å². The Morgan fingerprint density at radius 2 is 2.17 bits per heavy atom. The molecule has 0 saturated heterocycles. The molecule has 2 aliphatic rings. The maximum Gasteiger partial charge on any atom is 0.0949 e. The highest BCUT2D eigenvalue weighted by atomic mass is 32.1. The van der Waals surface area contributed by atoms with E-state index in [1.807, 2.05) is 17.7 Å². The molecule has 2 aromatic rings. The van der Waals surface area contributed by atoms with Gasteiger partial charge in [0.2, 0.25) is 0 Å². The first-order valence-electron chi connectivity index (χ1n) is 8.54. The van der Waals surface area contributed by atoms with Gasteiger partial charge >= 0.3 is 0 Å². The van der Waals surface area contributed by atoms with E-state index in [0.29, 0.717) is 5.92 Å². The van der Waals surface area contributed by atoms with Gasteiger partial charge in [-0.05, 0) is 37.8 Å². The second-order valence-electron chi connectivity index (χ2n) is 7.05. The Labute approximate surface area is 142 Å². The first-order chi connectivity index (χ1) is 11.2. The first kappa shape index (κ1) is 15.4. The van der Waals surface area contributed by atoms with Crippen LogP contribution in [0.25, 0.3) is 0 Å². The highest BCUT2D eigenvalue weighted by Gasteiger charge is 2.30. The number of rotatable bonds is 6. The predicted molar refractivity (Wildman–Crippen MR) is 92.7 cm³/mol. The molecule has 0 bridgehead atoms. The second-order valence-corrected chi connectivity index (χ2v) is 8.42. The largest absolute Gasteiger partial charge is 0.380 e. The van der Waals surface area contributed by atoms with E-state index in [4.69, 9.17) is 4.74 Å². The average molecular weight is 331 g/mol. The molecule has 23 heavy (non-hydrogen) atoms. The van der Waals surface area contributed by atoms with Crippen LogP contribution in [-0.4, -0.2) is 34.2 Å². The van der Waals surface area contributed by atoms with E-state index in [0.717, 1.165) is 38.8 Å². The van der Waals surface area contributed by atoms with E-state index >= 15 is 0 Å². The summed E-state index contributed by atoms with van der Waals surface area (Å²) in [5.41, 5.74) is 2.60. The van der Waals surface area contributed by atoms with Crippen LogP contribution in [0.1, 0.15) is 39.9 Å². The van der Waals surface area contributed by atoms with E-state index < -0.39 is 0 Å². The third-order valence-electron chi connectivity index (χ3n) is 4.85. The van der Waals surface area contributed by atoms with E-state index in [1.165, 1.54) is 34.0 Å². The van der Waals surface area contributed by atoms with Crippen LogP contribution in [-0.2, 0) is 24.9 Å². The number of aryl methyl sites for hydroxylation is 2. The van der Waals surface area contributed by atoms with Gasteiger partial charge in [-0.2, -0.15) is 0 Å². The lowest BCUT2D eigenvalue weighted by atomic mass is 9.99. The fourth-order valence-corrected chi connectivity index (χ4v) is 4.45. The van der Waals surface area contributed by atoms with Crippen molar-refractivity contribution < 1.29 is 4.74 Å². The Morgan fingerprint density at radius 1 is 1.30 bits per heavy atom. The fourth-order valence-electron chi connectivity index (χ4n) is 3.51. The van der Waals surface area contributed by atoms with Crippen molar-refractivity contribution in [1.29, 1.82) is 0 Å². The molecule has 1 fully saturated rings. The van der Waals surface area contributed by atoms with Crippen molar-refractivity contribution >= 4 is 11.3 Å². The van der Waals surface area contributed by atoms with Gasteiger partial charge in [-0.15, -0.1) is 11.3 Å². The highest BCUT2D eigenvalue weighted by Crippen LogP contribution is 2.32. The molecule has 0 amide bonds. The molecule has 0 radical (unpaired) electrons. The monoisotopic (exact) mass is 331 g/mol. The van der Waals surface area contributed by atoms with Crippen LogP contribution in [0.15, 0.2) is 18.5 Å². The van der Waals surface area contributed by atoms with E-state index in [9.17, 15) is 0 Å². The van der Waals surface area contributed by atoms with Gasteiger partial charge in [0.05, 0.1) is 18.6 Å². The van der Waals surface area contributed by atoms with Gasteiger partial charge in [0.25, 0.3) is 0 Å². The molecule has 0 spiro atoms. The van der Waals surface area contributed by atoms with Crippen LogP contribution >= 0.6 is 11.3 Å². The van der Waals surface area contributed by atoms with Crippen molar-refractivity contribution in [2.24, 2.45) is 13.0 Å². The SMILES string of the molecule is Cc1ccc(CN2Cc3ncn(C)c3[C@H](COCC3CC3)C2)s1. The lowest BCUT2D eigenvalue weighted by Gasteiger charge is -2.32. The second kappa shape index (κ2) is 6.38. The number of hydrogen-bond acceptors (Lipinski definition) is 4. The Balaban J connectivity index is 1.45. The van der Waals surface area contributed by atoms with Gasteiger partial charge in [0, 0.05) is 54.7 Å². The highest BCUT2D eigenvalue weighted by molar-refractivity contribution is 7.11. The number of imidazole rings is 1. The number of hydrogen-bond donors (Lipinski definition) is 0. The summed E-state index contributed by atoms with van der Waals surface area (Å²) in [6.45, 7) is 6.97. The molecule has 1 atom stereocenters. The lowest BCUT2D eigenvalue weighted by molar-refractivity contribution is 0.0870. The number of thiophene rings is 1. The van der Waals surface area contributed by atoms with Crippen LogP contribution in [0.4, 0.5) is 0 Å². The molecule has 2 aromatic heterocycles. The molecular formula is C18H25N3OS. The van der Waals surface area contributed by atoms with Gasteiger partial charge < -0.3 is 9.30 Å². The van der Waals surface area contributed by atoms with Crippen molar-refractivity contribution in [3.63, 3.8) is 0 Å². The van der Waals surface area contributed by atoms with Crippen molar-refractivity contribution in [1.82, 2.24) is 14.5 Å². The van der Waals surface area contributed by atoms with Gasteiger partial charge in [-0.3, -0.25) is 4.90 Å². The van der Waals surface area contributed by atoms with E-state index in [1.54, 1.807) is 0 Å². The van der Waals surface area contributed by atoms with Crippen LogP contribution < -0.4 is 0 Å². The lowest BCUT2D eigenvalue weighted by Crippen LogP contribution is -2.35. The summed E-state index contributed by atoms with van der Waals surface area (Å²) in [6.07, 6.45) is 4.66. The number of fused-ring (bicyclic) bond motifs is 1. The van der Waals surface area contributed by atoms with E-state index in [-0.39, 0.29) is 0 Å². The third kappa shape index (κ3) is 3.52. The maximum atomic E-state index is 6.02. The molecule has 5 heteroatoms. The molecule has 1 aliphatic carbocycles. The Hall–Kier alpha value is -1.17. The van der Waals surface area contributed by atoms with Crippen LogP contribution in [0.3, 0.4) is 0 Å². The Kier molecular flexibility index (Phi) is 4.26. The summed E-state index contributed by atoms with van der Waals surface area (Å²) in [7, 11) is 2.11.